The molecule has 0 bridgehead atoms. The van der Waals surface area contributed by atoms with Crippen molar-refractivity contribution in [1.82, 2.24) is 10.2 Å². The first kappa shape index (κ1) is 10.4. The summed E-state index contributed by atoms with van der Waals surface area (Å²) >= 11 is 0. The van der Waals surface area contributed by atoms with Gasteiger partial charge in [0.25, 0.3) is 0 Å². The first-order valence-corrected chi connectivity index (χ1v) is 6.56. The molecule has 4 heteroatoms. The van der Waals surface area contributed by atoms with Crippen molar-refractivity contribution in [3.63, 3.8) is 0 Å². The van der Waals surface area contributed by atoms with E-state index in [1.165, 1.54) is 12.8 Å². The van der Waals surface area contributed by atoms with Gasteiger partial charge in [-0.3, -0.25) is 4.90 Å². The van der Waals surface area contributed by atoms with Gasteiger partial charge in [0, 0.05) is 6.04 Å². The molecule has 0 radical (unpaired) electrons. The first-order chi connectivity index (χ1) is 7.86. The Kier molecular flexibility index (Phi) is 2.75. The normalized spacial score (nSPS) is 36.0. The van der Waals surface area contributed by atoms with Crippen molar-refractivity contribution in [3.05, 3.63) is 0 Å². The second-order valence-corrected chi connectivity index (χ2v) is 5.16. The Morgan fingerprint density at radius 2 is 1.88 bits per heavy atom. The van der Waals surface area contributed by atoms with Crippen molar-refractivity contribution in [1.29, 1.82) is 0 Å². The van der Waals surface area contributed by atoms with Gasteiger partial charge in [0.1, 0.15) is 6.10 Å². The van der Waals surface area contributed by atoms with Crippen LogP contribution in [-0.4, -0.2) is 42.3 Å². The number of rotatable bonds is 1. The fourth-order valence-electron chi connectivity index (χ4n) is 3.36. The smallest absolute Gasteiger partial charge is 0.410 e. The number of nitrogens with zero attached hydrogens (tertiary/aromatic N) is 1. The third-order valence-corrected chi connectivity index (χ3v) is 4.19. The highest BCUT2D eigenvalue weighted by Crippen LogP contribution is 2.34. The lowest BCUT2D eigenvalue weighted by Gasteiger charge is -2.36. The largest absolute Gasteiger partial charge is 0.444 e. The van der Waals surface area contributed by atoms with E-state index in [4.69, 9.17) is 4.74 Å². The zero-order chi connectivity index (χ0) is 11.0. The maximum atomic E-state index is 11.9. The van der Waals surface area contributed by atoms with Gasteiger partial charge in [0.2, 0.25) is 0 Å². The lowest BCUT2D eigenvalue weighted by molar-refractivity contribution is 0.113. The average molecular weight is 224 g/mol. The number of amides is 1. The number of ether oxygens (including phenoxy) is 1. The second-order valence-electron chi connectivity index (χ2n) is 5.16. The lowest BCUT2D eigenvalue weighted by atomic mass is 9.90. The number of carbonyl (C=O) groups excluding carboxylic acids is 1. The van der Waals surface area contributed by atoms with E-state index < -0.39 is 0 Å². The Labute approximate surface area is 96.3 Å². The van der Waals surface area contributed by atoms with Gasteiger partial charge in [0.15, 0.2) is 0 Å². The summed E-state index contributed by atoms with van der Waals surface area (Å²) in [5.74, 6) is 0. The van der Waals surface area contributed by atoms with Gasteiger partial charge in [-0.05, 0) is 45.2 Å². The molecule has 3 aliphatic rings. The minimum absolute atomic E-state index is 0.0520. The lowest BCUT2D eigenvalue weighted by Crippen LogP contribution is -2.49. The fraction of sp³-hybridized carbons (Fsp3) is 0.917. The minimum atomic E-state index is -0.0520. The molecule has 2 heterocycles. The summed E-state index contributed by atoms with van der Waals surface area (Å²) in [5, 5.41) is 3.35. The van der Waals surface area contributed by atoms with Crippen LogP contribution in [0.5, 0.6) is 0 Å². The van der Waals surface area contributed by atoms with Crippen LogP contribution in [0.15, 0.2) is 0 Å². The van der Waals surface area contributed by atoms with Gasteiger partial charge in [-0.15, -0.1) is 0 Å². The Morgan fingerprint density at radius 1 is 1.12 bits per heavy atom. The van der Waals surface area contributed by atoms with E-state index in [0.717, 1.165) is 38.8 Å². The highest BCUT2D eigenvalue weighted by atomic mass is 16.6. The Balaban J connectivity index is 1.74. The quantitative estimate of drug-likeness (QED) is 0.734. The summed E-state index contributed by atoms with van der Waals surface area (Å²) in [6.07, 6.45) is 6.97. The third kappa shape index (κ3) is 1.69. The molecule has 16 heavy (non-hydrogen) atoms. The first-order valence-electron chi connectivity index (χ1n) is 6.56. The number of nitrogens with one attached hydrogen (secondary N) is 1. The van der Waals surface area contributed by atoms with Gasteiger partial charge in [-0.2, -0.15) is 0 Å². The average Bonchev–Trinajstić information content (AvgIpc) is 2.66. The summed E-state index contributed by atoms with van der Waals surface area (Å²) in [4.78, 5) is 14.0. The predicted octanol–water partition coefficient (Wildman–Crippen LogP) is 1.50. The van der Waals surface area contributed by atoms with Crippen molar-refractivity contribution < 1.29 is 9.53 Å². The van der Waals surface area contributed by atoms with Gasteiger partial charge in [0.05, 0.1) is 6.04 Å². The monoisotopic (exact) mass is 224 g/mol. The highest BCUT2D eigenvalue weighted by Gasteiger charge is 2.45. The number of hydrogen-bond donors (Lipinski definition) is 1. The molecule has 0 aromatic carbocycles. The third-order valence-electron chi connectivity index (χ3n) is 4.19. The van der Waals surface area contributed by atoms with E-state index in [0.29, 0.717) is 12.1 Å². The molecule has 1 saturated carbocycles. The molecule has 0 aromatic rings. The summed E-state index contributed by atoms with van der Waals surface area (Å²) in [6, 6.07) is 0.797. The van der Waals surface area contributed by atoms with Gasteiger partial charge in [-0.25, -0.2) is 4.79 Å². The van der Waals surface area contributed by atoms with E-state index in [-0.39, 0.29) is 12.2 Å². The van der Waals surface area contributed by atoms with E-state index in [1.54, 1.807) is 0 Å². The van der Waals surface area contributed by atoms with Crippen LogP contribution in [0.4, 0.5) is 4.79 Å². The van der Waals surface area contributed by atoms with Gasteiger partial charge in [-0.1, -0.05) is 6.42 Å². The standard InChI is InChI=1S/C12H20N2O2/c15-12-14(9-5-7-13-8-6-9)10-3-1-2-4-11(10)16-12/h9-11,13H,1-8H2. The summed E-state index contributed by atoms with van der Waals surface area (Å²) in [5.41, 5.74) is 0. The molecular weight excluding hydrogens is 204 g/mol. The fourth-order valence-corrected chi connectivity index (χ4v) is 3.36. The minimum Gasteiger partial charge on any atom is -0.444 e. The Hall–Kier alpha value is -0.770. The van der Waals surface area contributed by atoms with Crippen molar-refractivity contribution >= 4 is 6.09 Å². The molecule has 1 N–H and O–H groups in total. The number of hydrogen-bond acceptors (Lipinski definition) is 3. The van der Waals surface area contributed by atoms with Crippen LogP contribution in [-0.2, 0) is 4.74 Å². The van der Waals surface area contributed by atoms with Crippen molar-refractivity contribution in [2.45, 2.75) is 56.7 Å². The number of piperidine rings is 1. The molecule has 4 nitrogen and oxygen atoms in total. The van der Waals surface area contributed by atoms with E-state index in [9.17, 15) is 4.79 Å². The van der Waals surface area contributed by atoms with Crippen molar-refractivity contribution in [2.24, 2.45) is 0 Å². The van der Waals surface area contributed by atoms with Gasteiger partial charge >= 0.3 is 6.09 Å². The van der Waals surface area contributed by atoms with Crippen LogP contribution in [0.25, 0.3) is 0 Å². The molecule has 2 unspecified atom stereocenters. The van der Waals surface area contributed by atoms with E-state index in [1.807, 2.05) is 0 Å². The Morgan fingerprint density at radius 3 is 2.69 bits per heavy atom. The molecule has 2 saturated heterocycles. The molecule has 0 aromatic heterocycles. The molecule has 1 amide bonds. The molecule has 0 spiro atoms. The van der Waals surface area contributed by atoms with Crippen LogP contribution >= 0.6 is 0 Å². The van der Waals surface area contributed by atoms with Crippen molar-refractivity contribution in [2.75, 3.05) is 13.1 Å². The summed E-state index contributed by atoms with van der Waals surface area (Å²) in [7, 11) is 0. The van der Waals surface area contributed by atoms with E-state index >= 15 is 0 Å². The second kappa shape index (κ2) is 4.24. The van der Waals surface area contributed by atoms with E-state index in [2.05, 4.69) is 10.2 Å². The topological polar surface area (TPSA) is 41.6 Å². The molecule has 90 valence electrons. The predicted molar refractivity (Wildman–Crippen MR) is 60.3 cm³/mol. The number of carbonyl (C=O) groups is 1. The zero-order valence-electron chi connectivity index (χ0n) is 9.65. The molecule has 1 aliphatic carbocycles. The highest BCUT2D eigenvalue weighted by molar-refractivity contribution is 5.71. The summed E-state index contributed by atoms with van der Waals surface area (Å²) < 4.78 is 5.50. The molecule has 2 aliphatic heterocycles. The van der Waals surface area contributed by atoms with Crippen LogP contribution in [0.2, 0.25) is 0 Å². The zero-order valence-corrected chi connectivity index (χ0v) is 9.65. The SMILES string of the molecule is O=C1OC2CCCCC2N1C1CCNCC1. The van der Waals surface area contributed by atoms with Crippen molar-refractivity contribution in [3.8, 4) is 0 Å². The molecule has 2 atom stereocenters. The molecule has 3 fully saturated rings. The van der Waals surface area contributed by atoms with Crippen LogP contribution in [0, 0.1) is 0 Å². The van der Waals surface area contributed by atoms with Gasteiger partial charge < -0.3 is 10.1 Å². The summed E-state index contributed by atoms with van der Waals surface area (Å²) in [6.45, 7) is 2.07. The maximum Gasteiger partial charge on any atom is 0.410 e. The number of fused-ring (bicyclic) bond motifs is 1. The Bertz CT molecular complexity index is 276. The molecular formula is C12H20N2O2. The van der Waals surface area contributed by atoms with Crippen LogP contribution in [0.3, 0.4) is 0 Å². The maximum absolute atomic E-state index is 11.9. The molecule has 3 rings (SSSR count). The van der Waals surface area contributed by atoms with Crippen LogP contribution in [0.1, 0.15) is 38.5 Å². The van der Waals surface area contributed by atoms with Crippen LogP contribution < -0.4 is 5.32 Å².